The van der Waals surface area contributed by atoms with E-state index >= 15 is 0 Å². The maximum Gasteiger partial charge on any atom is 0.242 e. The summed E-state index contributed by atoms with van der Waals surface area (Å²) in [7, 11) is -3.54. The van der Waals surface area contributed by atoms with Gasteiger partial charge in [0.05, 0.1) is 5.02 Å². The van der Waals surface area contributed by atoms with E-state index in [1.165, 1.54) is 0 Å². The van der Waals surface area contributed by atoms with Crippen molar-refractivity contribution in [1.29, 1.82) is 0 Å². The Morgan fingerprint density at radius 1 is 1.38 bits per heavy atom. The lowest BCUT2D eigenvalue weighted by molar-refractivity contribution is 0.573. The molecule has 0 bridgehead atoms. The van der Waals surface area contributed by atoms with Gasteiger partial charge < -0.3 is 5.32 Å². The van der Waals surface area contributed by atoms with Crippen LogP contribution in [0.15, 0.2) is 23.1 Å². The Bertz CT molecular complexity index is 602. The molecule has 1 aliphatic rings. The van der Waals surface area contributed by atoms with Gasteiger partial charge in [-0.2, -0.15) is 0 Å². The third kappa shape index (κ3) is 4.68. The number of hydrogen-bond acceptors (Lipinski definition) is 3. The van der Waals surface area contributed by atoms with Gasteiger partial charge in [-0.05, 0) is 36.0 Å². The Morgan fingerprint density at radius 2 is 2.05 bits per heavy atom. The number of rotatable bonds is 7. The van der Waals surface area contributed by atoms with Crippen LogP contribution in [0.2, 0.25) is 5.02 Å². The maximum absolute atomic E-state index is 12.4. The molecule has 2 N–H and O–H groups in total. The molecule has 2 atom stereocenters. The fourth-order valence-electron chi connectivity index (χ4n) is 2.16. The van der Waals surface area contributed by atoms with Gasteiger partial charge in [0, 0.05) is 19.1 Å². The van der Waals surface area contributed by atoms with Crippen molar-refractivity contribution in [3.05, 3.63) is 28.8 Å². The van der Waals surface area contributed by atoms with Crippen LogP contribution in [0.5, 0.6) is 0 Å². The van der Waals surface area contributed by atoms with Gasteiger partial charge >= 0.3 is 0 Å². The third-order valence-electron chi connectivity index (χ3n) is 3.81. The van der Waals surface area contributed by atoms with Crippen LogP contribution < -0.4 is 10.0 Å². The maximum atomic E-state index is 12.4. The van der Waals surface area contributed by atoms with Gasteiger partial charge in [0.2, 0.25) is 10.0 Å². The second kappa shape index (κ2) is 6.65. The molecular weight excluding hydrogens is 308 g/mol. The van der Waals surface area contributed by atoms with E-state index < -0.39 is 10.0 Å². The minimum absolute atomic E-state index is 0.167. The summed E-state index contributed by atoms with van der Waals surface area (Å²) >= 11 is 6.06. The molecule has 0 amide bonds. The molecule has 1 saturated carbocycles. The average molecular weight is 331 g/mol. The molecule has 1 aromatic carbocycles. The molecule has 1 fully saturated rings. The second-order valence-corrected chi connectivity index (χ2v) is 8.27. The standard InChI is InChI=1S/C15H23ClN2O2S/c1-10(2)17-8-12-4-5-14(16)15(7-12)21(19,20)18-9-13-6-11(13)3/h4-5,7,10-11,13,17-18H,6,8-9H2,1-3H3. The van der Waals surface area contributed by atoms with Crippen molar-refractivity contribution in [3.63, 3.8) is 0 Å². The molecule has 2 unspecified atom stereocenters. The van der Waals surface area contributed by atoms with Crippen molar-refractivity contribution >= 4 is 21.6 Å². The Balaban J connectivity index is 2.10. The van der Waals surface area contributed by atoms with E-state index in [-0.39, 0.29) is 9.92 Å². The summed E-state index contributed by atoms with van der Waals surface area (Å²) < 4.78 is 27.4. The van der Waals surface area contributed by atoms with Crippen LogP contribution in [-0.4, -0.2) is 21.0 Å². The van der Waals surface area contributed by atoms with Gasteiger partial charge in [-0.1, -0.05) is 38.4 Å². The van der Waals surface area contributed by atoms with Crippen LogP contribution in [0.1, 0.15) is 32.8 Å². The first-order chi connectivity index (χ1) is 9.79. The van der Waals surface area contributed by atoms with Crippen molar-refractivity contribution in [2.75, 3.05) is 6.54 Å². The van der Waals surface area contributed by atoms with Gasteiger partial charge in [-0.15, -0.1) is 0 Å². The van der Waals surface area contributed by atoms with E-state index in [9.17, 15) is 8.42 Å². The van der Waals surface area contributed by atoms with Crippen LogP contribution in [0.25, 0.3) is 0 Å². The summed E-state index contributed by atoms with van der Waals surface area (Å²) in [5.41, 5.74) is 0.910. The minimum atomic E-state index is -3.54. The zero-order valence-electron chi connectivity index (χ0n) is 12.7. The highest BCUT2D eigenvalue weighted by atomic mass is 35.5. The Hall–Kier alpha value is -0.620. The highest BCUT2D eigenvalue weighted by molar-refractivity contribution is 7.89. The molecule has 118 valence electrons. The SMILES string of the molecule is CC(C)NCc1ccc(Cl)c(S(=O)(=O)NCC2CC2C)c1. The van der Waals surface area contributed by atoms with E-state index in [1.54, 1.807) is 12.1 Å². The molecule has 0 aliphatic heterocycles. The monoisotopic (exact) mass is 330 g/mol. The fraction of sp³-hybridized carbons (Fsp3) is 0.600. The molecule has 0 spiro atoms. The van der Waals surface area contributed by atoms with E-state index in [1.807, 2.05) is 19.9 Å². The van der Waals surface area contributed by atoms with Crippen molar-refractivity contribution in [3.8, 4) is 0 Å². The number of hydrogen-bond donors (Lipinski definition) is 2. The Labute approximate surface area is 132 Å². The van der Waals surface area contributed by atoms with Crippen LogP contribution in [0.3, 0.4) is 0 Å². The zero-order chi connectivity index (χ0) is 15.6. The predicted octanol–water partition coefficient (Wildman–Crippen LogP) is 2.77. The first-order valence-corrected chi connectivity index (χ1v) is 9.17. The fourth-order valence-corrected chi connectivity index (χ4v) is 3.81. The highest BCUT2D eigenvalue weighted by Crippen LogP contribution is 2.37. The summed E-state index contributed by atoms with van der Waals surface area (Å²) in [5, 5.41) is 3.53. The molecule has 1 aliphatic carbocycles. The summed E-state index contributed by atoms with van der Waals surface area (Å²) in [6, 6.07) is 5.48. The molecule has 4 nitrogen and oxygen atoms in total. The summed E-state index contributed by atoms with van der Waals surface area (Å²) in [6.45, 7) is 7.34. The average Bonchev–Trinajstić information content (AvgIpc) is 3.11. The Kier molecular flexibility index (Phi) is 5.30. The van der Waals surface area contributed by atoms with Gasteiger partial charge in [-0.3, -0.25) is 0 Å². The Morgan fingerprint density at radius 3 is 2.62 bits per heavy atom. The number of halogens is 1. The molecule has 21 heavy (non-hydrogen) atoms. The van der Waals surface area contributed by atoms with E-state index in [4.69, 9.17) is 11.6 Å². The van der Waals surface area contributed by atoms with Crippen molar-refractivity contribution < 1.29 is 8.42 Å². The largest absolute Gasteiger partial charge is 0.310 e. The molecule has 0 radical (unpaired) electrons. The molecular formula is C15H23ClN2O2S. The van der Waals surface area contributed by atoms with Crippen LogP contribution >= 0.6 is 11.6 Å². The van der Waals surface area contributed by atoms with Crippen LogP contribution in [-0.2, 0) is 16.6 Å². The quantitative estimate of drug-likeness (QED) is 0.808. The van der Waals surface area contributed by atoms with Crippen molar-refractivity contribution in [1.82, 2.24) is 10.0 Å². The lowest BCUT2D eigenvalue weighted by Crippen LogP contribution is -2.27. The lowest BCUT2D eigenvalue weighted by atomic mass is 10.2. The van der Waals surface area contributed by atoms with E-state index in [0.717, 1.165) is 12.0 Å². The smallest absolute Gasteiger partial charge is 0.242 e. The van der Waals surface area contributed by atoms with E-state index in [0.29, 0.717) is 31.0 Å². The lowest BCUT2D eigenvalue weighted by Gasteiger charge is -2.12. The number of benzene rings is 1. The van der Waals surface area contributed by atoms with Gasteiger partial charge in [0.25, 0.3) is 0 Å². The molecule has 2 rings (SSSR count). The first-order valence-electron chi connectivity index (χ1n) is 7.31. The van der Waals surface area contributed by atoms with Crippen molar-refractivity contribution in [2.45, 2.75) is 44.7 Å². The van der Waals surface area contributed by atoms with Crippen LogP contribution in [0, 0.1) is 11.8 Å². The topological polar surface area (TPSA) is 58.2 Å². The molecule has 0 aromatic heterocycles. The second-order valence-electron chi connectivity index (χ2n) is 6.13. The summed E-state index contributed by atoms with van der Waals surface area (Å²) in [4.78, 5) is 0.167. The van der Waals surface area contributed by atoms with Crippen LogP contribution in [0.4, 0.5) is 0 Å². The van der Waals surface area contributed by atoms with E-state index in [2.05, 4.69) is 17.0 Å². The predicted molar refractivity (Wildman–Crippen MR) is 85.9 cm³/mol. The molecule has 0 heterocycles. The minimum Gasteiger partial charge on any atom is -0.310 e. The summed E-state index contributed by atoms with van der Waals surface area (Å²) in [5.74, 6) is 1.08. The molecule has 1 aromatic rings. The summed E-state index contributed by atoms with van der Waals surface area (Å²) in [6.07, 6.45) is 1.09. The van der Waals surface area contributed by atoms with Gasteiger partial charge in [0.1, 0.15) is 4.90 Å². The number of nitrogens with one attached hydrogen (secondary N) is 2. The highest BCUT2D eigenvalue weighted by Gasteiger charge is 2.33. The first kappa shape index (κ1) is 16.7. The van der Waals surface area contributed by atoms with Crippen molar-refractivity contribution in [2.24, 2.45) is 11.8 Å². The normalized spacial score (nSPS) is 21.8. The molecule has 0 saturated heterocycles. The third-order valence-corrected chi connectivity index (χ3v) is 5.72. The number of sulfonamides is 1. The molecule has 6 heteroatoms. The van der Waals surface area contributed by atoms with Gasteiger partial charge in [-0.25, -0.2) is 13.1 Å². The zero-order valence-corrected chi connectivity index (χ0v) is 14.3. The van der Waals surface area contributed by atoms with Gasteiger partial charge in [0.15, 0.2) is 0 Å².